The summed E-state index contributed by atoms with van der Waals surface area (Å²) in [6.45, 7) is 0.205. The molecule has 0 saturated heterocycles. The lowest BCUT2D eigenvalue weighted by Gasteiger charge is -2.19. The van der Waals surface area contributed by atoms with Crippen molar-refractivity contribution in [1.82, 2.24) is 10.3 Å². The number of carbonyl (C=O) groups excluding carboxylic acids is 1. The summed E-state index contributed by atoms with van der Waals surface area (Å²) in [5.41, 5.74) is 1.30. The molecule has 0 radical (unpaired) electrons. The number of hydrogen-bond donors (Lipinski definition) is 1. The quantitative estimate of drug-likeness (QED) is 0.927. The van der Waals surface area contributed by atoms with Gasteiger partial charge in [0.25, 0.3) is 0 Å². The van der Waals surface area contributed by atoms with Gasteiger partial charge in [-0.25, -0.2) is 4.98 Å². The Bertz CT molecular complexity index is 731. The minimum atomic E-state index is -0.0288. The molecule has 1 amide bonds. The number of nitrogens with one attached hydrogen (secondary N) is 1. The molecule has 1 heterocycles. The third-order valence-corrected chi connectivity index (χ3v) is 3.51. The van der Waals surface area contributed by atoms with Crippen LogP contribution < -0.4 is 10.2 Å². The van der Waals surface area contributed by atoms with Gasteiger partial charge in [-0.15, -0.1) is 0 Å². The molecule has 5 nitrogen and oxygen atoms in total. The normalized spacial score (nSPS) is 13.7. The fourth-order valence-electron chi connectivity index (χ4n) is 2.27. The molecule has 21 heavy (non-hydrogen) atoms. The largest absolute Gasteiger partial charge is 0.352 e. The first-order chi connectivity index (χ1) is 10.2. The number of hydrogen-bond acceptors (Lipinski definition) is 4. The van der Waals surface area contributed by atoms with Crippen LogP contribution in [0.2, 0.25) is 0 Å². The zero-order valence-corrected chi connectivity index (χ0v) is 11.8. The maximum atomic E-state index is 11.9. The SMILES string of the molecule is CN(CC(=O)NC1CC1)c1nc2ccccc2cc1C#N. The van der Waals surface area contributed by atoms with E-state index in [0.717, 1.165) is 23.7 Å². The van der Waals surface area contributed by atoms with Crippen molar-refractivity contribution in [3.63, 3.8) is 0 Å². The molecule has 1 aliphatic rings. The van der Waals surface area contributed by atoms with Crippen molar-refractivity contribution >= 4 is 22.6 Å². The smallest absolute Gasteiger partial charge is 0.239 e. The Morgan fingerprint density at radius 2 is 2.24 bits per heavy atom. The lowest BCUT2D eigenvalue weighted by atomic mass is 10.1. The van der Waals surface area contributed by atoms with Crippen molar-refractivity contribution < 1.29 is 4.79 Å². The molecule has 0 unspecified atom stereocenters. The maximum absolute atomic E-state index is 11.9. The van der Waals surface area contributed by atoms with Crippen LogP contribution in [0, 0.1) is 11.3 Å². The Hall–Kier alpha value is -2.61. The van der Waals surface area contributed by atoms with Crippen molar-refractivity contribution in [2.24, 2.45) is 0 Å². The Balaban J connectivity index is 1.86. The summed E-state index contributed by atoms with van der Waals surface area (Å²) in [5.74, 6) is 0.515. The molecule has 0 atom stereocenters. The van der Waals surface area contributed by atoms with E-state index in [1.54, 1.807) is 11.9 Å². The van der Waals surface area contributed by atoms with Gasteiger partial charge in [0.2, 0.25) is 5.91 Å². The molecule has 2 aromatic rings. The zero-order chi connectivity index (χ0) is 14.8. The number of rotatable bonds is 4. The third kappa shape index (κ3) is 2.95. The van der Waals surface area contributed by atoms with Gasteiger partial charge in [-0.2, -0.15) is 5.26 Å². The van der Waals surface area contributed by atoms with Crippen molar-refractivity contribution in [2.45, 2.75) is 18.9 Å². The minimum Gasteiger partial charge on any atom is -0.352 e. The van der Waals surface area contributed by atoms with Gasteiger partial charge in [-0.05, 0) is 25.0 Å². The molecule has 1 aromatic carbocycles. The molecular formula is C16H16N4O. The summed E-state index contributed by atoms with van der Waals surface area (Å²) in [4.78, 5) is 18.1. The maximum Gasteiger partial charge on any atom is 0.239 e. The number of carbonyl (C=O) groups is 1. The van der Waals surface area contributed by atoms with Crippen molar-refractivity contribution in [1.29, 1.82) is 5.26 Å². The highest BCUT2D eigenvalue weighted by Gasteiger charge is 2.24. The lowest BCUT2D eigenvalue weighted by molar-refractivity contribution is -0.119. The Morgan fingerprint density at radius 1 is 1.48 bits per heavy atom. The van der Waals surface area contributed by atoms with Crippen LogP contribution in [0.1, 0.15) is 18.4 Å². The standard InChI is InChI=1S/C16H16N4O/c1-20(10-15(21)18-13-6-7-13)16-12(9-17)8-11-4-2-3-5-14(11)19-16/h2-5,8,13H,6-7,10H2,1H3,(H,18,21). The van der Waals surface area contributed by atoms with Gasteiger partial charge in [-0.1, -0.05) is 18.2 Å². The van der Waals surface area contributed by atoms with Crippen LogP contribution in [0.4, 0.5) is 5.82 Å². The summed E-state index contributed by atoms with van der Waals surface area (Å²) >= 11 is 0. The van der Waals surface area contributed by atoms with Crippen molar-refractivity contribution in [3.05, 3.63) is 35.9 Å². The van der Waals surface area contributed by atoms with Crippen LogP contribution >= 0.6 is 0 Å². The molecule has 106 valence electrons. The van der Waals surface area contributed by atoms with E-state index in [2.05, 4.69) is 16.4 Å². The first kappa shape index (κ1) is 13.4. The summed E-state index contributed by atoms with van der Waals surface area (Å²) in [5, 5.41) is 13.2. The number of likely N-dealkylation sites (N-methyl/N-ethyl adjacent to an activating group) is 1. The average Bonchev–Trinajstić information content (AvgIpc) is 3.29. The van der Waals surface area contributed by atoms with Crippen LogP contribution in [-0.4, -0.2) is 30.5 Å². The van der Waals surface area contributed by atoms with Gasteiger partial charge in [0.15, 0.2) is 0 Å². The number of para-hydroxylation sites is 1. The van der Waals surface area contributed by atoms with Crippen LogP contribution in [0.3, 0.4) is 0 Å². The first-order valence-electron chi connectivity index (χ1n) is 6.98. The van der Waals surface area contributed by atoms with E-state index in [1.165, 1.54) is 0 Å². The molecule has 1 fully saturated rings. The monoisotopic (exact) mass is 280 g/mol. The Kier molecular flexibility index (Phi) is 3.44. The van der Waals surface area contributed by atoms with Gasteiger partial charge in [-0.3, -0.25) is 4.79 Å². The van der Waals surface area contributed by atoms with Gasteiger partial charge in [0.1, 0.15) is 11.9 Å². The fraction of sp³-hybridized carbons (Fsp3) is 0.312. The van der Waals surface area contributed by atoms with Gasteiger partial charge < -0.3 is 10.2 Å². The second-order valence-electron chi connectivity index (χ2n) is 5.36. The first-order valence-corrected chi connectivity index (χ1v) is 6.98. The van der Waals surface area contributed by atoms with Crippen LogP contribution in [0.15, 0.2) is 30.3 Å². The number of nitriles is 1. The number of aromatic nitrogens is 1. The summed E-state index contributed by atoms with van der Waals surface area (Å²) in [7, 11) is 1.78. The number of nitrogens with zero attached hydrogens (tertiary/aromatic N) is 3. The number of fused-ring (bicyclic) bond motifs is 1. The molecule has 0 aliphatic heterocycles. The summed E-state index contributed by atoms with van der Waals surface area (Å²) in [6.07, 6.45) is 2.13. The number of amides is 1. The van der Waals surface area contributed by atoms with Gasteiger partial charge in [0.05, 0.1) is 17.6 Å². The summed E-state index contributed by atoms with van der Waals surface area (Å²) in [6, 6.07) is 12.0. The van der Waals surface area contributed by atoms with E-state index in [0.29, 0.717) is 17.4 Å². The predicted molar refractivity (Wildman–Crippen MR) is 80.9 cm³/mol. The zero-order valence-electron chi connectivity index (χ0n) is 11.8. The molecule has 1 N–H and O–H groups in total. The average molecular weight is 280 g/mol. The Morgan fingerprint density at radius 3 is 2.95 bits per heavy atom. The predicted octanol–water partition coefficient (Wildman–Crippen LogP) is 1.82. The van der Waals surface area contributed by atoms with E-state index >= 15 is 0 Å². The second kappa shape index (κ2) is 5.41. The molecule has 3 rings (SSSR count). The fourth-order valence-corrected chi connectivity index (χ4v) is 2.27. The van der Waals surface area contributed by atoms with Crippen molar-refractivity contribution in [3.8, 4) is 6.07 Å². The third-order valence-electron chi connectivity index (χ3n) is 3.51. The molecule has 1 aromatic heterocycles. The molecule has 1 saturated carbocycles. The highest BCUT2D eigenvalue weighted by molar-refractivity contribution is 5.85. The lowest BCUT2D eigenvalue weighted by Crippen LogP contribution is -2.36. The van der Waals surface area contributed by atoms with Gasteiger partial charge >= 0.3 is 0 Å². The van der Waals surface area contributed by atoms with Crippen molar-refractivity contribution in [2.75, 3.05) is 18.5 Å². The second-order valence-corrected chi connectivity index (χ2v) is 5.36. The van der Waals surface area contributed by atoms with E-state index in [-0.39, 0.29) is 12.5 Å². The van der Waals surface area contributed by atoms with Crippen LogP contribution in [0.5, 0.6) is 0 Å². The highest BCUT2D eigenvalue weighted by Crippen LogP contribution is 2.22. The number of benzene rings is 1. The van der Waals surface area contributed by atoms with E-state index in [9.17, 15) is 10.1 Å². The number of anilines is 1. The summed E-state index contributed by atoms with van der Waals surface area (Å²) < 4.78 is 0. The van der Waals surface area contributed by atoms with E-state index in [4.69, 9.17) is 0 Å². The molecular weight excluding hydrogens is 264 g/mol. The molecule has 5 heteroatoms. The van der Waals surface area contributed by atoms with Crippen LogP contribution in [0.25, 0.3) is 10.9 Å². The minimum absolute atomic E-state index is 0.0288. The van der Waals surface area contributed by atoms with Gasteiger partial charge in [0, 0.05) is 18.5 Å². The molecule has 0 bridgehead atoms. The number of pyridine rings is 1. The topological polar surface area (TPSA) is 69.0 Å². The highest BCUT2D eigenvalue weighted by atomic mass is 16.2. The Labute approximate surface area is 123 Å². The van der Waals surface area contributed by atoms with E-state index < -0.39 is 0 Å². The molecule has 0 spiro atoms. The van der Waals surface area contributed by atoms with Crippen LogP contribution in [-0.2, 0) is 4.79 Å². The molecule has 1 aliphatic carbocycles. The van der Waals surface area contributed by atoms with E-state index in [1.807, 2.05) is 30.3 Å².